The van der Waals surface area contributed by atoms with E-state index in [1.807, 2.05) is 33.2 Å². The molecule has 96 valence electrons. The molecule has 0 unspecified atom stereocenters. The van der Waals surface area contributed by atoms with Crippen molar-refractivity contribution < 1.29 is 52.8 Å². The monoisotopic (exact) mass is 505 g/mol. The summed E-state index contributed by atoms with van der Waals surface area (Å²) >= 11 is 0. The average molecular weight is 504 g/mol. The molecule has 0 saturated carbocycles. The fourth-order valence-corrected chi connectivity index (χ4v) is 2.02. The van der Waals surface area contributed by atoms with E-state index in [4.69, 9.17) is 0 Å². The summed E-state index contributed by atoms with van der Waals surface area (Å²) in [6, 6.07) is 10.9. The Labute approximate surface area is 148 Å². The summed E-state index contributed by atoms with van der Waals surface area (Å²) in [6.07, 6.45) is 3.45. The second-order valence-corrected chi connectivity index (χ2v) is 3.56. The van der Waals surface area contributed by atoms with Gasteiger partial charge in [-0.25, -0.2) is 0 Å². The number of rotatable bonds is 0. The van der Waals surface area contributed by atoms with Crippen LogP contribution in [0.15, 0.2) is 36.8 Å². The Morgan fingerprint density at radius 1 is 1.21 bits per heavy atom. The second-order valence-electron chi connectivity index (χ2n) is 3.56. The summed E-state index contributed by atoms with van der Waals surface area (Å²) in [5, 5.41) is 13.3. The topological polar surface area (TPSA) is 47.5 Å². The average Bonchev–Trinajstić information content (AvgIpc) is 2.98. The van der Waals surface area contributed by atoms with E-state index in [-0.39, 0.29) is 60.2 Å². The summed E-state index contributed by atoms with van der Waals surface area (Å²) in [5.74, 6) is 0. The third-order valence-electron chi connectivity index (χ3n) is 2.70. The molecule has 7 heteroatoms. The van der Waals surface area contributed by atoms with Gasteiger partial charge in [0.25, 0.3) is 0 Å². The van der Waals surface area contributed by atoms with Gasteiger partial charge < -0.3 is 11.8 Å². The van der Waals surface area contributed by atoms with Crippen molar-refractivity contribution in [1.29, 1.82) is 0 Å². The Kier molecular flexibility index (Phi) is 5.33. The van der Waals surface area contributed by atoms with Crippen LogP contribution in [0.4, 0.5) is 0 Å². The first-order chi connectivity index (χ1) is 7.95. The van der Waals surface area contributed by atoms with Gasteiger partial charge in [-0.3, -0.25) is 4.52 Å². The number of nitrogens with zero attached hydrogens (tertiary/aromatic N) is 5. The zero-order chi connectivity index (χ0) is 10.5. The Morgan fingerprint density at radius 2 is 2.05 bits per heavy atom. The van der Waals surface area contributed by atoms with E-state index in [1.165, 1.54) is 0 Å². The molecule has 0 spiro atoms. The summed E-state index contributed by atoms with van der Waals surface area (Å²) < 4.78 is 3.77. The van der Waals surface area contributed by atoms with Crippen molar-refractivity contribution in [3.05, 3.63) is 50.3 Å². The normalized spacial score (nSPS) is 9.89. The summed E-state index contributed by atoms with van der Waals surface area (Å²) in [5.41, 5.74) is 2.75. The predicted molar refractivity (Wildman–Crippen MR) is 64.5 cm³/mol. The Hall–Kier alpha value is -0.677. The van der Waals surface area contributed by atoms with Crippen LogP contribution in [-0.2, 0) is 52.8 Å². The van der Waals surface area contributed by atoms with Crippen LogP contribution in [-0.4, -0.2) is 24.2 Å². The molecule has 3 heterocycles. The van der Waals surface area contributed by atoms with Crippen LogP contribution in [0.2, 0.25) is 0 Å². The molecular formula is C12H9IrN5Y-2. The molecule has 2 radical (unpaired) electrons. The molecule has 0 aliphatic carbocycles. The first kappa shape index (κ1) is 16.4. The van der Waals surface area contributed by atoms with E-state index in [0.29, 0.717) is 0 Å². The van der Waals surface area contributed by atoms with Crippen LogP contribution in [0.25, 0.3) is 22.2 Å². The smallest absolute Gasteiger partial charge is 0.125 e. The Bertz CT molecular complexity index is 753. The summed E-state index contributed by atoms with van der Waals surface area (Å²) in [6.45, 7) is 0. The first-order valence-corrected chi connectivity index (χ1v) is 4.91. The van der Waals surface area contributed by atoms with Crippen LogP contribution in [0.1, 0.15) is 0 Å². The van der Waals surface area contributed by atoms with Gasteiger partial charge in [0.15, 0.2) is 0 Å². The largest absolute Gasteiger partial charge is 0.358 e. The molecule has 0 aliphatic rings. The molecule has 0 N–H and O–H groups in total. The van der Waals surface area contributed by atoms with E-state index in [2.05, 4.69) is 21.4 Å². The second kappa shape index (κ2) is 6.18. The first-order valence-electron chi connectivity index (χ1n) is 4.91. The maximum absolute atomic E-state index is 4.30. The van der Waals surface area contributed by atoms with Crippen LogP contribution in [0.5, 0.6) is 0 Å². The van der Waals surface area contributed by atoms with Crippen molar-refractivity contribution in [3.63, 3.8) is 0 Å². The number of hydrogen-bond acceptors (Lipinski definition) is 3. The third-order valence-corrected chi connectivity index (χ3v) is 2.70. The number of benzene rings is 1. The zero-order valence-corrected chi connectivity index (χ0v) is 15.3. The minimum absolute atomic E-state index is 0. The van der Waals surface area contributed by atoms with Gasteiger partial charge in [-0.15, -0.1) is 29.4 Å². The van der Waals surface area contributed by atoms with Crippen LogP contribution in [0, 0.1) is 13.5 Å². The molecule has 4 aromatic rings. The minimum Gasteiger partial charge on any atom is -0.358 e. The Morgan fingerprint density at radius 3 is 2.89 bits per heavy atom. The molecule has 0 bridgehead atoms. The van der Waals surface area contributed by atoms with Gasteiger partial charge in [0.05, 0.1) is 11.8 Å². The Balaban J connectivity index is 0.000000602. The predicted octanol–water partition coefficient (Wildman–Crippen LogP) is 1.78. The van der Waals surface area contributed by atoms with E-state index >= 15 is 0 Å². The number of aromatic nitrogens is 5. The standard InChI is InChI=1S/C11H6N5.CH3.Ir.Y/c1-2-4-9-8(3-1)11-14-12-7-15(11)10-5-6-13-16(9)10;;;/h1-2,4-7H;1H3;;/q2*-1;;. The fraction of sp³-hybridized carbons (Fsp3) is 0. The van der Waals surface area contributed by atoms with Crippen LogP contribution >= 0.6 is 0 Å². The van der Waals surface area contributed by atoms with E-state index < -0.39 is 0 Å². The van der Waals surface area contributed by atoms with Gasteiger partial charge in [-0.05, 0) is 11.6 Å². The minimum atomic E-state index is 0. The number of hydrogen-bond donors (Lipinski definition) is 0. The third kappa shape index (κ3) is 2.27. The summed E-state index contributed by atoms with van der Waals surface area (Å²) in [4.78, 5) is 0. The van der Waals surface area contributed by atoms with Crippen LogP contribution in [0.3, 0.4) is 0 Å². The molecule has 0 saturated heterocycles. The van der Waals surface area contributed by atoms with Crippen molar-refractivity contribution in [3.8, 4) is 0 Å². The van der Waals surface area contributed by atoms with Crippen molar-refractivity contribution in [2.24, 2.45) is 0 Å². The maximum atomic E-state index is 4.30. The number of fused-ring (bicyclic) bond motifs is 6. The molecule has 0 amide bonds. The molecule has 3 aromatic heterocycles. The SMILES string of the molecule is [CH3-].[Ir].[Y].[c-]1cccc2c1c1nncn1c1ccnn21. The van der Waals surface area contributed by atoms with Gasteiger partial charge >= 0.3 is 0 Å². The molecular weight excluding hydrogens is 495 g/mol. The maximum Gasteiger partial charge on any atom is 0.125 e. The molecule has 0 atom stereocenters. The van der Waals surface area contributed by atoms with Crippen molar-refractivity contribution in [2.45, 2.75) is 0 Å². The van der Waals surface area contributed by atoms with Crippen LogP contribution < -0.4 is 0 Å². The van der Waals surface area contributed by atoms with Crippen molar-refractivity contribution in [2.75, 3.05) is 0 Å². The molecule has 1 aromatic carbocycles. The van der Waals surface area contributed by atoms with Gasteiger partial charge in [0, 0.05) is 52.8 Å². The molecule has 19 heavy (non-hydrogen) atoms. The van der Waals surface area contributed by atoms with Gasteiger partial charge in [-0.1, -0.05) is 5.39 Å². The van der Waals surface area contributed by atoms with E-state index in [1.54, 1.807) is 12.5 Å². The van der Waals surface area contributed by atoms with Gasteiger partial charge in [0.1, 0.15) is 12.0 Å². The van der Waals surface area contributed by atoms with Crippen molar-refractivity contribution in [1.82, 2.24) is 24.2 Å². The molecule has 5 nitrogen and oxygen atoms in total. The quantitative estimate of drug-likeness (QED) is 0.343. The molecule has 0 fully saturated rings. The van der Waals surface area contributed by atoms with Crippen molar-refractivity contribution >= 4 is 22.2 Å². The molecule has 0 aliphatic heterocycles. The molecule has 4 rings (SSSR count). The fourth-order valence-electron chi connectivity index (χ4n) is 2.02. The summed E-state index contributed by atoms with van der Waals surface area (Å²) in [7, 11) is 0. The van der Waals surface area contributed by atoms with Gasteiger partial charge in [0.2, 0.25) is 0 Å². The van der Waals surface area contributed by atoms with E-state index in [9.17, 15) is 0 Å². The van der Waals surface area contributed by atoms with Gasteiger partial charge in [-0.2, -0.15) is 10.2 Å². The zero-order valence-electron chi connectivity index (χ0n) is 10.1. The van der Waals surface area contributed by atoms with E-state index in [0.717, 1.165) is 22.2 Å².